The van der Waals surface area contributed by atoms with Gasteiger partial charge in [-0.3, -0.25) is 9.69 Å². The highest BCUT2D eigenvalue weighted by molar-refractivity contribution is 6.32. The summed E-state index contributed by atoms with van der Waals surface area (Å²) in [5.74, 6) is 0.580. The summed E-state index contributed by atoms with van der Waals surface area (Å²) in [6.07, 6.45) is 13.7. The molecule has 2 aliphatic rings. The molecule has 0 unspecified atom stereocenters. The fraction of sp³-hybridized carbons (Fsp3) is 0.516. The molecule has 0 aromatic heterocycles. The van der Waals surface area contributed by atoms with Gasteiger partial charge in [0.2, 0.25) is 0 Å². The Morgan fingerprint density at radius 2 is 1.70 bits per heavy atom. The number of carbonyl (C=O) groups is 1. The first-order chi connectivity index (χ1) is 17.9. The first-order valence-electron chi connectivity index (χ1n) is 13.6. The van der Waals surface area contributed by atoms with E-state index in [1.54, 1.807) is 18.2 Å². The summed E-state index contributed by atoms with van der Waals surface area (Å²) in [6.45, 7) is 20.4. The lowest BCUT2D eigenvalue weighted by Crippen LogP contribution is -2.45. The molecule has 0 saturated carbocycles. The zero-order valence-electron chi connectivity index (χ0n) is 23.6. The Morgan fingerprint density at radius 1 is 1.08 bits per heavy atom. The molecular weight excluding hydrogens is 482 g/mol. The van der Waals surface area contributed by atoms with Crippen LogP contribution in [0, 0.1) is 0 Å². The van der Waals surface area contributed by atoms with E-state index in [2.05, 4.69) is 35.3 Å². The first kappa shape index (κ1) is 32.7. The number of nitrogens with zero attached hydrogens (tertiary/aromatic N) is 2. The molecule has 0 radical (unpaired) electrons. The van der Waals surface area contributed by atoms with Gasteiger partial charge in [-0.15, -0.1) is 0 Å². The van der Waals surface area contributed by atoms with Crippen LogP contribution < -0.4 is 10.1 Å². The van der Waals surface area contributed by atoms with Crippen molar-refractivity contribution in [3.05, 3.63) is 77.9 Å². The maximum absolute atomic E-state index is 12.7. The Bertz CT molecular complexity index is 876. The van der Waals surface area contributed by atoms with Gasteiger partial charge in [0.15, 0.2) is 0 Å². The fourth-order valence-corrected chi connectivity index (χ4v) is 4.34. The lowest BCUT2D eigenvalue weighted by Gasteiger charge is -2.32. The van der Waals surface area contributed by atoms with E-state index in [0.29, 0.717) is 16.3 Å². The van der Waals surface area contributed by atoms with Crippen molar-refractivity contribution in [3.63, 3.8) is 0 Å². The quantitative estimate of drug-likeness (QED) is 0.293. The predicted octanol–water partition coefficient (Wildman–Crippen LogP) is 6.91. The van der Waals surface area contributed by atoms with Gasteiger partial charge in [-0.1, -0.05) is 69.0 Å². The second kappa shape index (κ2) is 18.8. The van der Waals surface area contributed by atoms with Gasteiger partial charge in [-0.25, -0.2) is 0 Å². The average Bonchev–Trinajstić information content (AvgIpc) is 2.93. The van der Waals surface area contributed by atoms with Crippen molar-refractivity contribution in [3.8, 4) is 5.75 Å². The van der Waals surface area contributed by atoms with E-state index in [1.165, 1.54) is 0 Å². The van der Waals surface area contributed by atoms with Gasteiger partial charge >= 0.3 is 0 Å². The van der Waals surface area contributed by atoms with Crippen LogP contribution in [0.2, 0.25) is 5.02 Å². The van der Waals surface area contributed by atoms with E-state index < -0.39 is 0 Å². The molecule has 37 heavy (non-hydrogen) atoms. The molecule has 0 aliphatic carbocycles. The van der Waals surface area contributed by atoms with Crippen LogP contribution in [0.25, 0.3) is 0 Å². The Balaban J connectivity index is 0.00000104. The summed E-state index contributed by atoms with van der Waals surface area (Å²) < 4.78 is 6.08. The van der Waals surface area contributed by atoms with Crippen LogP contribution in [0.4, 0.5) is 0 Å². The van der Waals surface area contributed by atoms with Gasteiger partial charge in [0.25, 0.3) is 5.91 Å². The average molecular weight is 530 g/mol. The third-order valence-corrected chi connectivity index (χ3v) is 6.71. The van der Waals surface area contributed by atoms with Gasteiger partial charge in [-0.05, 0) is 70.4 Å². The molecule has 5 nitrogen and oxygen atoms in total. The van der Waals surface area contributed by atoms with Gasteiger partial charge in [0.05, 0.1) is 5.02 Å². The number of nitrogens with one attached hydrogen (secondary N) is 1. The molecule has 0 atom stereocenters. The molecule has 206 valence electrons. The molecule has 1 aromatic rings. The van der Waals surface area contributed by atoms with Gasteiger partial charge < -0.3 is 15.0 Å². The molecule has 1 N–H and O–H groups in total. The SMILES string of the molecule is C/C=C\C.C=C/C=C(\C=C)CN1CCC(NC(=O)c2ccc(OC3CCN(C)CC3)c(Cl)c2)CC1.CC. The highest BCUT2D eigenvalue weighted by Crippen LogP contribution is 2.28. The number of hydrogen-bond acceptors (Lipinski definition) is 4. The minimum Gasteiger partial charge on any atom is -0.489 e. The number of piperidine rings is 2. The van der Waals surface area contributed by atoms with Crippen molar-refractivity contribution in [2.75, 3.05) is 39.8 Å². The largest absolute Gasteiger partial charge is 0.489 e. The number of carbonyl (C=O) groups excluding carboxylic acids is 1. The number of ether oxygens (including phenoxy) is 1. The van der Waals surface area contributed by atoms with Crippen LogP contribution in [-0.2, 0) is 0 Å². The topological polar surface area (TPSA) is 44.8 Å². The van der Waals surface area contributed by atoms with E-state index in [1.807, 2.05) is 58.1 Å². The van der Waals surface area contributed by atoms with Gasteiger partial charge in [0, 0.05) is 44.3 Å². The lowest BCUT2D eigenvalue weighted by molar-refractivity contribution is 0.0913. The monoisotopic (exact) mass is 529 g/mol. The molecule has 2 heterocycles. The fourth-order valence-electron chi connectivity index (χ4n) is 4.12. The van der Waals surface area contributed by atoms with E-state index in [9.17, 15) is 4.79 Å². The molecule has 0 bridgehead atoms. The number of halogens is 1. The van der Waals surface area contributed by atoms with E-state index in [0.717, 1.165) is 64.0 Å². The number of hydrogen-bond donors (Lipinski definition) is 1. The van der Waals surface area contributed by atoms with Crippen LogP contribution in [0.3, 0.4) is 0 Å². The Morgan fingerprint density at radius 3 is 2.22 bits per heavy atom. The summed E-state index contributed by atoms with van der Waals surface area (Å²) in [7, 11) is 2.12. The summed E-state index contributed by atoms with van der Waals surface area (Å²) in [6, 6.07) is 5.51. The number of rotatable bonds is 8. The van der Waals surface area contributed by atoms with E-state index >= 15 is 0 Å². The molecule has 2 fully saturated rings. The van der Waals surface area contributed by atoms with Crippen molar-refractivity contribution in [1.29, 1.82) is 0 Å². The minimum absolute atomic E-state index is 0.0791. The summed E-state index contributed by atoms with van der Waals surface area (Å²) in [5, 5.41) is 3.65. The second-order valence-electron chi connectivity index (χ2n) is 9.14. The predicted molar refractivity (Wildman–Crippen MR) is 160 cm³/mol. The van der Waals surface area contributed by atoms with Crippen molar-refractivity contribution in [2.45, 2.75) is 65.5 Å². The molecule has 1 amide bonds. The molecule has 2 aliphatic heterocycles. The van der Waals surface area contributed by atoms with Gasteiger partial charge in [0.1, 0.15) is 11.9 Å². The van der Waals surface area contributed by atoms with E-state index in [4.69, 9.17) is 16.3 Å². The van der Waals surface area contributed by atoms with Crippen LogP contribution in [-0.4, -0.2) is 67.6 Å². The van der Waals surface area contributed by atoms with Crippen LogP contribution >= 0.6 is 11.6 Å². The summed E-state index contributed by atoms with van der Waals surface area (Å²) in [4.78, 5) is 17.4. The maximum Gasteiger partial charge on any atom is 0.251 e. The van der Waals surface area contributed by atoms with Crippen molar-refractivity contribution < 1.29 is 9.53 Å². The van der Waals surface area contributed by atoms with Crippen LogP contribution in [0.1, 0.15) is 63.7 Å². The molecular formula is C31H48ClN3O2. The summed E-state index contributed by atoms with van der Waals surface area (Å²) in [5.41, 5.74) is 1.74. The Labute approximate surface area is 230 Å². The molecule has 3 rings (SSSR count). The van der Waals surface area contributed by atoms with Gasteiger partial charge in [-0.2, -0.15) is 0 Å². The van der Waals surface area contributed by atoms with Crippen molar-refractivity contribution in [1.82, 2.24) is 15.1 Å². The van der Waals surface area contributed by atoms with Crippen LogP contribution in [0.5, 0.6) is 5.75 Å². The number of likely N-dealkylation sites (tertiary alicyclic amines) is 2. The maximum atomic E-state index is 12.7. The van der Waals surface area contributed by atoms with Crippen LogP contribution in [0.15, 0.2) is 67.3 Å². The van der Waals surface area contributed by atoms with Crippen molar-refractivity contribution in [2.24, 2.45) is 0 Å². The van der Waals surface area contributed by atoms with E-state index in [-0.39, 0.29) is 18.1 Å². The third-order valence-electron chi connectivity index (χ3n) is 6.41. The Hall–Kier alpha value is -2.34. The lowest BCUT2D eigenvalue weighted by atomic mass is 10.0. The number of amides is 1. The number of benzene rings is 1. The third kappa shape index (κ3) is 12.2. The molecule has 1 aromatic carbocycles. The highest BCUT2D eigenvalue weighted by atomic mass is 35.5. The molecule has 6 heteroatoms. The highest BCUT2D eigenvalue weighted by Gasteiger charge is 2.23. The normalized spacial score (nSPS) is 17.7. The summed E-state index contributed by atoms with van der Waals surface area (Å²) >= 11 is 6.43. The number of allylic oxidation sites excluding steroid dienone is 4. The smallest absolute Gasteiger partial charge is 0.251 e. The zero-order chi connectivity index (χ0) is 27.6. The Kier molecular flexibility index (Phi) is 16.6. The molecule has 2 saturated heterocycles. The van der Waals surface area contributed by atoms with Crippen molar-refractivity contribution >= 4 is 17.5 Å². The standard InChI is InChI=1S/C25H34ClN3O2.C4H8.C2H6/c1-4-6-19(5-2)18-29-15-9-21(10-16-29)27-25(30)20-7-8-24(23(26)17-20)31-22-11-13-28(3)14-12-22;1-3-4-2;1-2/h4-8,17,21-22H,1-2,9-16,18H2,3H3,(H,27,30);3-4H,1-2H3;1-2H3/b19-6+;4-3-;. The minimum atomic E-state index is -0.0791. The zero-order valence-corrected chi connectivity index (χ0v) is 24.4. The molecule has 0 spiro atoms. The first-order valence-corrected chi connectivity index (χ1v) is 14.0. The second-order valence-corrected chi connectivity index (χ2v) is 9.54.